The summed E-state index contributed by atoms with van der Waals surface area (Å²) in [4.78, 5) is 0. The van der Waals surface area contributed by atoms with Crippen LogP contribution in [0.4, 0.5) is 17.6 Å². The van der Waals surface area contributed by atoms with Crippen molar-refractivity contribution < 1.29 is 27.0 Å². The van der Waals surface area contributed by atoms with Crippen LogP contribution in [-0.2, 0) is 0 Å². The molecule has 0 unspecified atom stereocenters. The lowest BCUT2D eigenvalue weighted by atomic mass is 9.68. The molecule has 0 aliphatic heterocycles. The van der Waals surface area contributed by atoms with Gasteiger partial charge in [0.15, 0.2) is 11.6 Å². The fourth-order valence-corrected chi connectivity index (χ4v) is 6.14. The fourth-order valence-electron chi connectivity index (χ4n) is 6.14. The minimum Gasteiger partial charge on any atom is -0.454 e. The summed E-state index contributed by atoms with van der Waals surface area (Å²) >= 11 is 0. The molecule has 0 aromatic heterocycles. The molecule has 2 fully saturated rings. The lowest BCUT2D eigenvalue weighted by Gasteiger charge is -2.38. The number of ether oxygens (including phenoxy) is 2. The summed E-state index contributed by atoms with van der Waals surface area (Å²) in [6.07, 6.45) is 12.9. The monoisotopic (exact) mass is 492 g/mol. The third-order valence-corrected chi connectivity index (χ3v) is 8.07. The Kier molecular flexibility index (Phi) is 8.96. The lowest BCUT2D eigenvalue weighted by molar-refractivity contribution is -0.0498. The van der Waals surface area contributed by atoms with Crippen molar-refractivity contribution in [3.63, 3.8) is 0 Å². The highest BCUT2D eigenvalue weighted by Gasteiger charge is 2.33. The van der Waals surface area contributed by atoms with Gasteiger partial charge in [-0.15, -0.1) is 0 Å². The molecule has 4 rings (SSSR count). The smallest absolute Gasteiger partial charge is 0.387 e. The molecule has 2 saturated carbocycles. The number of alkyl halides is 2. The van der Waals surface area contributed by atoms with E-state index in [2.05, 4.69) is 11.7 Å². The Balaban J connectivity index is 1.35. The predicted octanol–water partition coefficient (Wildman–Crippen LogP) is 9.63. The molecule has 0 N–H and O–H groups in total. The quantitative estimate of drug-likeness (QED) is 0.324. The van der Waals surface area contributed by atoms with Crippen LogP contribution in [0.1, 0.15) is 89.0 Å². The maximum Gasteiger partial charge on any atom is 0.387 e. The number of hydrogen-bond acceptors (Lipinski definition) is 2. The van der Waals surface area contributed by atoms with Gasteiger partial charge in [0.25, 0.3) is 0 Å². The van der Waals surface area contributed by atoms with E-state index in [1.165, 1.54) is 81.3 Å². The normalized spacial score (nSPS) is 25.0. The summed E-state index contributed by atoms with van der Waals surface area (Å²) in [7, 11) is 0. The molecule has 2 nitrogen and oxygen atoms in total. The van der Waals surface area contributed by atoms with Crippen molar-refractivity contribution in [2.45, 2.75) is 90.1 Å². The van der Waals surface area contributed by atoms with E-state index in [0.717, 1.165) is 37.5 Å². The van der Waals surface area contributed by atoms with Crippen molar-refractivity contribution in [1.82, 2.24) is 0 Å². The van der Waals surface area contributed by atoms with Crippen molar-refractivity contribution in [3.05, 3.63) is 53.6 Å². The third-order valence-electron chi connectivity index (χ3n) is 8.07. The largest absolute Gasteiger partial charge is 0.454 e. The van der Waals surface area contributed by atoms with Gasteiger partial charge in [0.1, 0.15) is 17.3 Å². The maximum absolute atomic E-state index is 15.4. The van der Waals surface area contributed by atoms with Crippen LogP contribution in [0.2, 0.25) is 0 Å². The van der Waals surface area contributed by atoms with Crippen molar-refractivity contribution in [2.75, 3.05) is 0 Å². The van der Waals surface area contributed by atoms with Gasteiger partial charge < -0.3 is 9.47 Å². The van der Waals surface area contributed by atoms with E-state index in [1.54, 1.807) is 0 Å². The van der Waals surface area contributed by atoms with Gasteiger partial charge >= 0.3 is 6.61 Å². The van der Waals surface area contributed by atoms with E-state index in [1.807, 2.05) is 0 Å². The average Bonchev–Trinajstić information content (AvgIpc) is 2.86. The van der Waals surface area contributed by atoms with Crippen LogP contribution in [0.15, 0.2) is 36.4 Å². The lowest BCUT2D eigenvalue weighted by Crippen LogP contribution is -2.26. The number of halogens is 4. The van der Waals surface area contributed by atoms with E-state index in [-0.39, 0.29) is 28.7 Å². The Morgan fingerprint density at radius 1 is 0.800 bits per heavy atom. The van der Waals surface area contributed by atoms with Crippen LogP contribution in [-0.4, -0.2) is 6.61 Å². The molecule has 0 bridgehead atoms. The van der Waals surface area contributed by atoms with Crippen molar-refractivity contribution in [2.24, 2.45) is 17.8 Å². The zero-order valence-corrected chi connectivity index (χ0v) is 20.5. The van der Waals surface area contributed by atoms with Gasteiger partial charge in [0.05, 0.1) is 0 Å². The number of unbranched alkanes of at least 4 members (excludes halogenated alkanes) is 1. The van der Waals surface area contributed by atoms with Gasteiger partial charge in [-0.2, -0.15) is 8.78 Å². The number of rotatable bonds is 9. The van der Waals surface area contributed by atoms with Gasteiger partial charge in [-0.25, -0.2) is 8.78 Å². The summed E-state index contributed by atoms with van der Waals surface area (Å²) in [6, 6.07) is 8.02. The highest BCUT2D eigenvalue weighted by atomic mass is 19.3. The molecule has 0 amide bonds. The van der Waals surface area contributed by atoms with Crippen LogP contribution in [0.25, 0.3) is 0 Å². The molecule has 6 heteroatoms. The molecule has 2 aromatic rings. The number of benzene rings is 2. The topological polar surface area (TPSA) is 18.5 Å². The van der Waals surface area contributed by atoms with Gasteiger partial charge in [-0.05, 0) is 98.6 Å². The van der Waals surface area contributed by atoms with Crippen molar-refractivity contribution in [1.29, 1.82) is 0 Å². The molecular weight excluding hydrogens is 456 g/mol. The standard InChI is InChI=1S/C29H36F4O2/c1-2-3-4-19-5-7-20(8-6-19)21-9-11-22(12-10-21)27-25(30)17-18-26(28(27)31)34-23-13-15-24(16-14-23)35-29(32)33/h13-22,29H,2-12H2,1H3. The molecule has 2 aliphatic rings. The summed E-state index contributed by atoms with van der Waals surface area (Å²) in [5.74, 6) is 1.15. The third kappa shape index (κ3) is 6.71. The van der Waals surface area contributed by atoms with Crippen LogP contribution in [0.5, 0.6) is 17.2 Å². The Morgan fingerprint density at radius 2 is 1.40 bits per heavy atom. The van der Waals surface area contributed by atoms with Crippen LogP contribution >= 0.6 is 0 Å². The summed E-state index contributed by atoms with van der Waals surface area (Å²) in [6.45, 7) is -0.668. The number of hydrogen-bond donors (Lipinski definition) is 0. The summed E-state index contributed by atoms with van der Waals surface area (Å²) in [5, 5.41) is 0. The van der Waals surface area contributed by atoms with Gasteiger partial charge in [-0.3, -0.25) is 0 Å². The Labute approximate surface area is 206 Å². The van der Waals surface area contributed by atoms with Crippen LogP contribution in [0, 0.1) is 29.4 Å². The van der Waals surface area contributed by atoms with E-state index in [9.17, 15) is 13.2 Å². The molecule has 0 heterocycles. The molecule has 192 valence electrons. The molecule has 0 saturated heterocycles. The Bertz CT molecular complexity index is 930. The zero-order valence-electron chi connectivity index (χ0n) is 20.5. The van der Waals surface area contributed by atoms with Crippen LogP contribution < -0.4 is 9.47 Å². The highest BCUT2D eigenvalue weighted by Crippen LogP contribution is 2.46. The summed E-state index contributed by atoms with van der Waals surface area (Å²) < 4.78 is 64.7. The van der Waals surface area contributed by atoms with Gasteiger partial charge in [0, 0.05) is 5.56 Å². The van der Waals surface area contributed by atoms with Crippen molar-refractivity contribution >= 4 is 0 Å². The second kappa shape index (κ2) is 12.1. The first kappa shape index (κ1) is 25.8. The van der Waals surface area contributed by atoms with E-state index >= 15 is 4.39 Å². The van der Waals surface area contributed by atoms with Gasteiger partial charge in [0.2, 0.25) is 0 Å². The van der Waals surface area contributed by atoms with E-state index < -0.39 is 18.2 Å². The first-order chi connectivity index (χ1) is 16.9. The zero-order chi connectivity index (χ0) is 24.8. The first-order valence-electron chi connectivity index (χ1n) is 13.1. The molecule has 0 atom stereocenters. The molecule has 2 aliphatic carbocycles. The van der Waals surface area contributed by atoms with E-state index in [4.69, 9.17) is 4.74 Å². The van der Waals surface area contributed by atoms with Gasteiger partial charge in [-0.1, -0.05) is 39.0 Å². The highest BCUT2D eigenvalue weighted by molar-refractivity contribution is 5.39. The molecule has 2 aromatic carbocycles. The molecule has 0 radical (unpaired) electrons. The van der Waals surface area contributed by atoms with E-state index in [0.29, 0.717) is 5.92 Å². The predicted molar refractivity (Wildman–Crippen MR) is 129 cm³/mol. The second-order valence-electron chi connectivity index (χ2n) is 10.3. The van der Waals surface area contributed by atoms with Crippen LogP contribution in [0.3, 0.4) is 0 Å². The first-order valence-corrected chi connectivity index (χ1v) is 13.1. The Morgan fingerprint density at radius 3 is 2.00 bits per heavy atom. The summed E-state index contributed by atoms with van der Waals surface area (Å²) in [5.41, 5.74) is 0.113. The minimum absolute atomic E-state index is 0.0150. The maximum atomic E-state index is 15.4. The fraction of sp³-hybridized carbons (Fsp3) is 0.586. The Hall–Kier alpha value is -2.24. The second-order valence-corrected chi connectivity index (χ2v) is 10.3. The SMILES string of the molecule is CCCCC1CCC(C2CCC(c3c(F)ccc(Oc4ccc(OC(F)F)cc4)c3F)CC2)CC1. The average molecular weight is 493 g/mol. The molecule has 0 spiro atoms. The van der Waals surface area contributed by atoms with Crippen molar-refractivity contribution in [3.8, 4) is 17.2 Å². The minimum atomic E-state index is -2.92. The molecular formula is C29H36F4O2. The molecule has 35 heavy (non-hydrogen) atoms.